The van der Waals surface area contributed by atoms with Crippen LogP contribution in [0.3, 0.4) is 0 Å². The Labute approximate surface area is 322 Å². The molecular formula is C52H33NOS. The van der Waals surface area contributed by atoms with Gasteiger partial charge in [0.25, 0.3) is 0 Å². The van der Waals surface area contributed by atoms with Gasteiger partial charge in [-0.25, -0.2) is 0 Å². The van der Waals surface area contributed by atoms with E-state index in [0.717, 1.165) is 44.6 Å². The van der Waals surface area contributed by atoms with Crippen LogP contribution in [-0.2, 0) is 0 Å². The Bertz CT molecular complexity index is 3220. The van der Waals surface area contributed by atoms with Gasteiger partial charge in [-0.1, -0.05) is 133 Å². The third kappa shape index (κ3) is 5.40. The van der Waals surface area contributed by atoms with Gasteiger partial charge in [0.1, 0.15) is 11.2 Å². The quantitative estimate of drug-likeness (QED) is 0.170. The van der Waals surface area contributed by atoms with Crippen LogP contribution in [0.2, 0.25) is 0 Å². The van der Waals surface area contributed by atoms with Crippen LogP contribution in [-0.4, -0.2) is 0 Å². The lowest BCUT2D eigenvalue weighted by molar-refractivity contribution is 0.669. The molecule has 2 aromatic heterocycles. The zero-order valence-corrected chi connectivity index (χ0v) is 30.6. The van der Waals surface area contributed by atoms with Gasteiger partial charge in [0, 0.05) is 48.0 Å². The normalized spacial score (nSPS) is 11.6. The van der Waals surface area contributed by atoms with Gasteiger partial charge in [-0.15, -0.1) is 11.3 Å². The Hall–Kier alpha value is -6.94. The van der Waals surface area contributed by atoms with E-state index in [0.29, 0.717) is 0 Å². The minimum atomic E-state index is 0.885. The van der Waals surface area contributed by atoms with Crippen molar-refractivity contribution in [3.63, 3.8) is 0 Å². The number of hydrogen-bond donors (Lipinski definition) is 0. The van der Waals surface area contributed by atoms with Crippen LogP contribution >= 0.6 is 11.3 Å². The Kier molecular flexibility index (Phi) is 7.39. The second-order valence-electron chi connectivity index (χ2n) is 14.1. The molecule has 0 radical (unpaired) electrons. The second kappa shape index (κ2) is 12.9. The number of benzene rings is 9. The Morgan fingerprint density at radius 3 is 1.87 bits per heavy atom. The van der Waals surface area contributed by atoms with Crippen LogP contribution in [0.15, 0.2) is 205 Å². The number of rotatable bonds is 6. The van der Waals surface area contributed by atoms with Gasteiger partial charge in [-0.05, 0) is 111 Å². The fourth-order valence-electron chi connectivity index (χ4n) is 8.27. The van der Waals surface area contributed by atoms with Gasteiger partial charge < -0.3 is 9.32 Å². The Balaban J connectivity index is 1.05. The van der Waals surface area contributed by atoms with Crippen molar-refractivity contribution in [3.05, 3.63) is 200 Å². The fourth-order valence-corrected chi connectivity index (χ4v) is 9.41. The lowest BCUT2D eigenvalue weighted by Crippen LogP contribution is -2.10. The highest BCUT2D eigenvalue weighted by Crippen LogP contribution is 2.43. The number of hydrogen-bond acceptors (Lipinski definition) is 3. The smallest absolute Gasteiger partial charge is 0.135 e. The van der Waals surface area contributed by atoms with E-state index in [2.05, 4.69) is 193 Å². The standard InChI is InChI=1S/C52H33NOS/c1-2-17-42-34(11-1)12-9-20-43(42)38-15-7-13-36(31-38)37-14-8-16-40(32-37)53(41-29-30-49-47(33-41)45-18-3-5-22-48(45)54-49)39-27-25-35(26-28-39)44-21-10-24-51-52(44)46-19-4-6-23-50(46)55-51/h1-33H. The first kappa shape index (κ1) is 31.6. The lowest BCUT2D eigenvalue weighted by Gasteiger charge is -2.26. The van der Waals surface area contributed by atoms with Crippen molar-refractivity contribution in [2.75, 3.05) is 4.90 Å². The zero-order chi connectivity index (χ0) is 36.3. The number of thiophene rings is 1. The van der Waals surface area contributed by atoms with Gasteiger partial charge in [0.05, 0.1) is 0 Å². The molecule has 0 bridgehead atoms. The minimum Gasteiger partial charge on any atom is -0.456 e. The first-order valence-electron chi connectivity index (χ1n) is 18.7. The molecule has 0 aliphatic heterocycles. The van der Waals surface area contributed by atoms with E-state index in [-0.39, 0.29) is 0 Å². The summed E-state index contributed by atoms with van der Waals surface area (Å²) in [5, 5.41) is 7.36. The summed E-state index contributed by atoms with van der Waals surface area (Å²) < 4.78 is 8.88. The van der Waals surface area contributed by atoms with Crippen LogP contribution < -0.4 is 4.90 Å². The highest BCUT2D eigenvalue weighted by Gasteiger charge is 2.18. The van der Waals surface area contributed by atoms with E-state index >= 15 is 0 Å². The summed E-state index contributed by atoms with van der Waals surface area (Å²) in [6, 6.07) is 72.3. The van der Waals surface area contributed by atoms with Crippen LogP contribution in [0.5, 0.6) is 0 Å². The fraction of sp³-hybridized carbons (Fsp3) is 0. The molecule has 0 saturated carbocycles. The van der Waals surface area contributed by atoms with E-state index in [9.17, 15) is 0 Å². The van der Waals surface area contributed by atoms with E-state index in [1.165, 1.54) is 58.8 Å². The summed E-state index contributed by atoms with van der Waals surface area (Å²) in [4.78, 5) is 2.36. The summed E-state index contributed by atoms with van der Waals surface area (Å²) in [5.41, 5.74) is 12.3. The third-order valence-corrected chi connectivity index (χ3v) is 12.0. The van der Waals surface area contributed by atoms with Crippen molar-refractivity contribution in [2.45, 2.75) is 0 Å². The molecule has 3 heteroatoms. The number of anilines is 3. The maximum absolute atomic E-state index is 6.26. The van der Waals surface area contributed by atoms with Crippen molar-refractivity contribution in [1.29, 1.82) is 0 Å². The van der Waals surface area contributed by atoms with Crippen molar-refractivity contribution < 1.29 is 4.42 Å². The number of fused-ring (bicyclic) bond motifs is 7. The highest BCUT2D eigenvalue weighted by molar-refractivity contribution is 7.25. The highest BCUT2D eigenvalue weighted by atomic mass is 32.1. The topological polar surface area (TPSA) is 16.4 Å². The molecular weight excluding hydrogens is 687 g/mol. The largest absolute Gasteiger partial charge is 0.456 e. The molecule has 0 spiro atoms. The van der Waals surface area contributed by atoms with Crippen LogP contribution in [0.25, 0.3) is 86.3 Å². The molecule has 0 saturated heterocycles. The molecule has 0 amide bonds. The van der Waals surface area contributed by atoms with Gasteiger partial charge in [0.2, 0.25) is 0 Å². The number of nitrogens with zero attached hydrogens (tertiary/aromatic N) is 1. The molecule has 2 nitrogen and oxygen atoms in total. The summed E-state index contributed by atoms with van der Waals surface area (Å²) in [7, 11) is 0. The molecule has 11 aromatic rings. The van der Waals surface area contributed by atoms with E-state index < -0.39 is 0 Å². The van der Waals surface area contributed by atoms with Gasteiger partial charge in [0.15, 0.2) is 0 Å². The molecule has 0 unspecified atom stereocenters. The average molecular weight is 720 g/mol. The van der Waals surface area contributed by atoms with Crippen molar-refractivity contribution in [2.24, 2.45) is 0 Å². The molecule has 9 aromatic carbocycles. The molecule has 0 aliphatic carbocycles. The molecule has 55 heavy (non-hydrogen) atoms. The number of para-hydroxylation sites is 1. The Morgan fingerprint density at radius 2 is 0.964 bits per heavy atom. The van der Waals surface area contributed by atoms with E-state index in [4.69, 9.17) is 4.42 Å². The molecule has 0 fully saturated rings. The average Bonchev–Trinajstić information content (AvgIpc) is 3.82. The predicted octanol–water partition coefficient (Wildman–Crippen LogP) is 15.6. The maximum atomic E-state index is 6.26. The SMILES string of the molecule is c1cc(-c2cccc(N(c3ccc(-c4cccc5sc6ccccc6c45)cc3)c3ccc4oc5ccccc5c4c3)c2)cc(-c2cccc3ccccc23)c1. The number of furan rings is 1. The van der Waals surface area contributed by atoms with Gasteiger partial charge in [-0.3, -0.25) is 0 Å². The van der Waals surface area contributed by atoms with E-state index in [1.54, 1.807) is 0 Å². The summed E-state index contributed by atoms with van der Waals surface area (Å²) in [6.45, 7) is 0. The predicted molar refractivity (Wildman–Crippen MR) is 235 cm³/mol. The maximum Gasteiger partial charge on any atom is 0.135 e. The summed E-state index contributed by atoms with van der Waals surface area (Å²) in [6.07, 6.45) is 0. The summed E-state index contributed by atoms with van der Waals surface area (Å²) >= 11 is 1.86. The van der Waals surface area contributed by atoms with Crippen LogP contribution in [0, 0.1) is 0 Å². The van der Waals surface area contributed by atoms with Gasteiger partial charge >= 0.3 is 0 Å². The van der Waals surface area contributed by atoms with Crippen LogP contribution in [0.1, 0.15) is 0 Å². The van der Waals surface area contributed by atoms with Crippen LogP contribution in [0.4, 0.5) is 17.1 Å². The molecule has 11 rings (SSSR count). The van der Waals surface area contributed by atoms with Crippen molar-refractivity contribution in [3.8, 4) is 33.4 Å². The second-order valence-corrected chi connectivity index (χ2v) is 15.2. The molecule has 0 N–H and O–H groups in total. The molecule has 0 aliphatic rings. The molecule has 258 valence electrons. The van der Waals surface area contributed by atoms with Gasteiger partial charge in [-0.2, -0.15) is 0 Å². The lowest BCUT2D eigenvalue weighted by atomic mass is 9.95. The van der Waals surface area contributed by atoms with E-state index in [1.807, 2.05) is 23.5 Å². The molecule has 2 heterocycles. The molecule has 0 atom stereocenters. The first-order valence-corrected chi connectivity index (χ1v) is 19.5. The van der Waals surface area contributed by atoms with Crippen molar-refractivity contribution >= 4 is 81.3 Å². The zero-order valence-electron chi connectivity index (χ0n) is 29.8. The minimum absolute atomic E-state index is 0.885. The first-order chi connectivity index (χ1) is 27.2. The third-order valence-electron chi connectivity index (χ3n) is 10.9. The Morgan fingerprint density at radius 1 is 0.345 bits per heavy atom. The summed E-state index contributed by atoms with van der Waals surface area (Å²) in [5.74, 6) is 0. The van der Waals surface area contributed by atoms with Crippen molar-refractivity contribution in [1.82, 2.24) is 0 Å². The monoisotopic (exact) mass is 719 g/mol.